The minimum atomic E-state index is -1.69. The molecule has 4 atom stereocenters. The van der Waals surface area contributed by atoms with Crippen LogP contribution in [-0.4, -0.2) is 38.3 Å². The van der Waals surface area contributed by atoms with E-state index in [9.17, 15) is 5.11 Å². The second-order valence-corrected chi connectivity index (χ2v) is 14.7. The number of rotatable bonds is 7. The van der Waals surface area contributed by atoms with Crippen molar-refractivity contribution in [3.63, 3.8) is 0 Å². The van der Waals surface area contributed by atoms with Crippen LogP contribution in [0.3, 0.4) is 0 Å². The first kappa shape index (κ1) is 23.7. The van der Waals surface area contributed by atoms with Crippen LogP contribution in [0.15, 0.2) is 0 Å². The third-order valence-electron chi connectivity index (χ3n) is 5.88. The van der Waals surface area contributed by atoms with E-state index in [1.54, 1.807) is 0 Å². The van der Waals surface area contributed by atoms with Crippen molar-refractivity contribution in [1.29, 1.82) is 0 Å². The molecule has 1 aliphatic rings. The molecule has 0 amide bonds. The van der Waals surface area contributed by atoms with E-state index in [2.05, 4.69) is 66.5 Å². The van der Waals surface area contributed by atoms with Crippen molar-refractivity contribution in [2.24, 2.45) is 11.8 Å². The molecule has 0 aromatic rings. The van der Waals surface area contributed by atoms with E-state index < -0.39 is 14.4 Å². The van der Waals surface area contributed by atoms with Gasteiger partial charge in [0.05, 0.1) is 12.2 Å². The average molecular weight is 383 g/mol. The van der Waals surface area contributed by atoms with E-state index in [0.717, 1.165) is 32.3 Å². The van der Waals surface area contributed by atoms with Crippen LogP contribution in [0.4, 0.5) is 0 Å². The van der Waals surface area contributed by atoms with Gasteiger partial charge in [-0.2, -0.15) is 0 Å². The Hall–Kier alpha value is -0.343. The number of hydrogen-bond donors (Lipinski definition) is 1. The van der Waals surface area contributed by atoms with Gasteiger partial charge in [-0.15, -0.1) is 5.92 Å². The Balaban J connectivity index is 2.46. The van der Waals surface area contributed by atoms with Gasteiger partial charge in [0.2, 0.25) is 0 Å². The molecule has 4 heteroatoms. The molecule has 3 nitrogen and oxygen atoms in total. The van der Waals surface area contributed by atoms with Crippen molar-refractivity contribution < 1.29 is 14.3 Å². The van der Waals surface area contributed by atoms with Crippen molar-refractivity contribution >= 4 is 8.32 Å². The van der Waals surface area contributed by atoms with E-state index in [0.29, 0.717) is 18.3 Å². The summed E-state index contributed by atoms with van der Waals surface area (Å²) in [6.45, 7) is 18.7. The van der Waals surface area contributed by atoms with Crippen LogP contribution in [-0.2, 0) is 9.16 Å². The first-order valence-corrected chi connectivity index (χ1v) is 13.3. The third kappa shape index (κ3) is 8.13. The fourth-order valence-electron chi connectivity index (χ4n) is 2.95. The molecule has 152 valence electrons. The van der Waals surface area contributed by atoms with Crippen LogP contribution in [0, 0.1) is 23.7 Å². The van der Waals surface area contributed by atoms with Gasteiger partial charge in [-0.25, -0.2) is 0 Å². The van der Waals surface area contributed by atoms with Crippen LogP contribution < -0.4 is 0 Å². The van der Waals surface area contributed by atoms with Crippen molar-refractivity contribution in [2.75, 3.05) is 6.61 Å². The van der Waals surface area contributed by atoms with Gasteiger partial charge in [-0.1, -0.05) is 47.5 Å². The fraction of sp³-hybridized carbons (Fsp3) is 0.909. The standard InChI is InChI=1S/C22H42O3Si/c1-17(2)10-9-11-19(23)16-20-13-12-18(3)21(25-20)14-15-24-26(7,8)22(4,5)6/h17-21,23H,10,12-16H2,1-8H3/t18-,19-,20-,21+/m0/s1. The Morgan fingerprint density at radius 1 is 1.23 bits per heavy atom. The summed E-state index contributed by atoms with van der Waals surface area (Å²) >= 11 is 0. The lowest BCUT2D eigenvalue weighted by Crippen LogP contribution is -2.42. The van der Waals surface area contributed by atoms with Gasteiger partial charge in [-0.3, -0.25) is 0 Å². The molecule has 1 saturated heterocycles. The largest absolute Gasteiger partial charge is 0.417 e. The van der Waals surface area contributed by atoms with Crippen LogP contribution >= 0.6 is 0 Å². The molecule has 1 heterocycles. The molecule has 0 aromatic carbocycles. The third-order valence-corrected chi connectivity index (χ3v) is 10.4. The molecule has 0 radical (unpaired) electrons. The Kier molecular flexibility index (Phi) is 9.36. The van der Waals surface area contributed by atoms with Gasteiger partial charge >= 0.3 is 0 Å². The summed E-state index contributed by atoms with van der Waals surface area (Å²) < 4.78 is 12.6. The monoisotopic (exact) mass is 382 g/mol. The first-order chi connectivity index (χ1) is 11.9. The maximum Gasteiger partial charge on any atom is 0.191 e. The highest BCUT2D eigenvalue weighted by Gasteiger charge is 2.37. The Morgan fingerprint density at radius 2 is 1.88 bits per heavy atom. The predicted octanol–water partition coefficient (Wildman–Crippen LogP) is 5.38. The lowest BCUT2D eigenvalue weighted by atomic mass is 9.90. The summed E-state index contributed by atoms with van der Waals surface area (Å²) in [6.07, 6.45) is 4.35. The first-order valence-electron chi connectivity index (χ1n) is 10.4. The molecule has 1 N–H and O–H groups in total. The summed E-state index contributed by atoms with van der Waals surface area (Å²) in [4.78, 5) is 0. The van der Waals surface area contributed by atoms with E-state index in [4.69, 9.17) is 9.16 Å². The maximum absolute atomic E-state index is 10.2. The second-order valence-electron chi connectivity index (χ2n) is 9.92. The molecule has 26 heavy (non-hydrogen) atoms. The van der Waals surface area contributed by atoms with Crippen LogP contribution in [0.1, 0.15) is 73.6 Å². The number of ether oxygens (including phenoxy) is 1. The van der Waals surface area contributed by atoms with Gasteiger partial charge in [0.15, 0.2) is 8.32 Å². The van der Waals surface area contributed by atoms with E-state index in [1.807, 2.05) is 0 Å². The minimum absolute atomic E-state index is 0.118. The summed E-state index contributed by atoms with van der Waals surface area (Å²) in [6, 6.07) is 0. The van der Waals surface area contributed by atoms with Crippen molar-refractivity contribution in [3.05, 3.63) is 0 Å². The van der Waals surface area contributed by atoms with E-state index >= 15 is 0 Å². The summed E-state index contributed by atoms with van der Waals surface area (Å²) in [5.74, 6) is 7.16. The van der Waals surface area contributed by atoms with Crippen LogP contribution in [0.25, 0.3) is 0 Å². The van der Waals surface area contributed by atoms with Gasteiger partial charge in [-0.05, 0) is 49.2 Å². The molecule has 0 spiro atoms. The average Bonchev–Trinajstić information content (AvgIpc) is 2.48. The Labute approximate surface area is 163 Å². The van der Waals surface area contributed by atoms with E-state index in [1.165, 1.54) is 0 Å². The quantitative estimate of drug-likeness (QED) is 0.474. The maximum atomic E-state index is 10.2. The predicted molar refractivity (Wildman–Crippen MR) is 113 cm³/mol. The zero-order chi connectivity index (χ0) is 20.0. The summed E-state index contributed by atoms with van der Waals surface area (Å²) in [5, 5.41) is 10.4. The van der Waals surface area contributed by atoms with Crippen molar-refractivity contribution in [2.45, 2.75) is 110 Å². The summed E-state index contributed by atoms with van der Waals surface area (Å²) in [5.41, 5.74) is 0. The molecule has 1 fully saturated rings. The number of hydrogen-bond acceptors (Lipinski definition) is 3. The zero-order valence-electron chi connectivity index (χ0n) is 18.4. The highest BCUT2D eigenvalue weighted by molar-refractivity contribution is 6.74. The SMILES string of the molecule is CC(C)CC#C[C@H](O)C[C@@H]1CC[C@H](C)[C@@H](CCO[Si](C)(C)C(C)(C)C)O1. The van der Waals surface area contributed by atoms with Crippen LogP contribution in [0.2, 0.25) is 18.1 Å². The van der Waals surface area contributed by atoms with Crippen LogP contribution in [0.5, 0.6) is 0 Å². The molecule has 0 unspecified atom stereocenters. The molecule has 0 saturated carbocycles. The minimum Gasteiger partial charge on any atom is -0.417 e. The van der Waals surface area contributed by atoms with Crippen molar-refractivity contribution in [3.8, 4) is 11.8 Å². The zero-order valence-corrected chi connectivity index (χ0v) is 19.4. The highest BCUT2D eigenvalue weighted by Crippen LogP contribution is 2.37. The Morgan fingerprint density at radius 3 is 2.46 bits per heavy atom. The lowest BCUT2D eigenvalue weighted by molar-refractivity contribution is -0.0960. The Bertz CT molecular complexity index is 470. The van der Waals surface area contributed by atoms with Gasteiger partial charge < -0.3 is 14.3 Å². The molecule has 0 aliphatic carbocycles. The number of aliphatic hydroxyl groups is 1. The molecular formula is C22H42O3Si. The molecular weight excluding hydrogens is 340 g/mol. The normalized spacial score (nSPS) is 25.7. The highest BCUT2D eigenvalue weighted by atomic mass is 28.4. The van der Waals surface area contributed by atoms with Gasteiger partial charge in [0.1, 0.15) is 6.10 Å². The van der Waals surface area contributed by atoms with Gasteiger partial charge in [0.25, 0.3) is 0 Å². The summed E-state index contributed by atoms with van der Waals surface area (Å²) in [7, 11) is -1.69. The molecule has 1 rings (SSSR count). The van der Waals surface area contributed by atoms with Crippen molar-refractivity contribution in [1.82, 2.24) is 0 Å². The molecule has 0 aromatic heterocycles. The molecule has 0 bridgehead atoms. The topological polar surface area (TPSA) is 38.7 Å². The second kappa shape index (κ2) is 10.3. The van der Waals surface area contributed by atoms with E-state index in [-0.39, 0.29) is 17.2 Å². The lowest BCUT2D eigenvalue weighted by Gasteiger charge is -2.38. The van der Waals surface area contributed by atoms with Gasteiger partial charge in [0, 0.05) is 19.4 Å². The molecule has 1 aliphatic heterocycles. The number of aliphatic hydroxyl groups excluding tert-OH is 1. The smallest absolute Gasteiger partial charge is 0.191 e. The fourth-order valence-corrected chi connectivity index (χ4v) is 4.01.